The Morgan fingerprint density at radius 2 is 1.88 bits per heavy atom. The molecule has 0 spiro atoms. The van der Waals surface area contributed by atoms with Crippen molar-refractivity contribution in [1.29, 1.82) is 0 Å². The molecule has 1 amide bonds. The Labute approximate surface area is 192 Å². The van der Waals surface area contributed by atoms with E-state index in [9.17, 15) is 9.18 Å². The van der Waals surface area contributed by atoms with Crippen LogP contribution in [0.25, 0.3) is 33.4 Å². The third kappa shape index (κ3) is 4.24. The van der Waals surface area contributed by atoms with E-state index in [0.717, 1.165) is 0 Å². The van der Waals surface area contributed by atoms with E-state index in [0.29, 0.717) is 50.1 Å². The zero-order chi connectivity index (χ0) is 23.7. The highest BCUT2D eigenvalue weighted by molar-refractivity contribution is 5.93. The summed E-state index contributed by atoms with van der Waals surface area (Å²) >= 11 is 0. The van der Waals surface area contributed by atoms with Crippen LogP contribution in [-0.2, 0) is 4.79 Å². The van der Waals surface area contributed by atoms with Gasteiger partial charge in [-0.2, -0.15) is 4.98 Å². The smallest absolute Gasteiger partial charge is 0.292 e. The average Bonchev–Trinajstić information content (AvgIpc) is 3.20. The molecule has 0 fully saturated rings. The second-order valence-electron chi connectivity index (χ2n) is 7.59. The number of hydrogen-bond donors (Lipinski definition) is 3. The molecule has 5 rings (SSSR count). The standard InChI is InChI=1S/C25H20FN5O3/c26-15-6-8-21-16(12-15)20(29-17-3-1-2-4-18(17)30-24(32)9-10-27)13-22(33-21)14-5-7-19-23(11-14)34-25(28)31-19/h1-8,11-13H,9-10,27H2,(H2,28,31)(H,30,32)/b29-20+. The molecule has 3 aromatic carbocycles. The number of fused-ring (bicyclic) bond motifs is 2. The van der Waals surface area contributed by atoms with Crippen LogP contribution < -0.4 is 22.1 Å². The summed E-state index contributed by atoms with van der Waals surface area (Å²) in [5, 5.41) is 3.77. The number of amides is 1. The van der Waals surface area contributed by atoms with Crippen LogP contribution in [0.5, 0.6) is 0 Å². The lowest BCUT2D eigenvalue weighted by atomic mass is 10.1. The molecular weight excluding hydrogens is 437 g/mol. The first kappa shape index (κ1) is 21.4. The summed E-state index contributed by atoms with van der Waals surface area (Å²) in [5.41, 5.74) is 14.4. The number of carbonyl (C=O) groups is 1. The van der Waals surface area contributed by atoms with Gasteiger partial charge in [-0.3, -0.25) is 4.79 Å². The van der Waals surface area contributed by atoms with Gasteiger partial charge in [-0.05, 0) is 48.5 Å². The van der Waals surface area contributed by atoms with Gasteiger partial charge in [-0.25, -0.2) is 9.38 Å². The van der Waals surface area contributed by atoms with Crippen LogP contribution in [0.3, 0.4) is 0 Å². The lowest BCUT2D eigenvalue weighted by molar-refractivity contribution is -0.116. The highest BCUT2D eigenvalue weighted by atomic mass is 19.1. The zero-order valence-electron chi connectivity index (χ0n) is 17.9. The second-order valence-corrected chi connectivity index (χ2v) is 7.59. The van der Waals surface area contributed by atoms with Crippen LogP contribution in [0.1, 0.15) is 6.42 Å². The Kier molecular flexibility index (Phi) is 5.52. The number of para-hydroxylation sites is 2. The van der Waals surface area contributed by atoms with Crippen molar-refractivity contribution >= 4 is 45.4 Å². The Balaban J connectivity index is 1.69. The maximum absolute atomic E-state index is 14.1. The molecular formula is C25H20FN5O3. The van der Waals surface area contributed by atoms with Gasteiger partial charge in [0.2, 0.25) is 5.91 Å². The molecule has 5 aromatic rings. The maximum Gasteiger partial charge on any atom is 0.292 e. The number of nitrogens with one attached hydrogen (secondary N) is 1. The lowest BCUT2D eigenvalue weighted by Gasteiger charge is -2.09. The van der Waals surface area contributed by atoms with Crippen molar-refractivity contribution in [3.8, 4) is 11.3 Å². The van der Waals surface area contributed by atoms with E-state index in [2.05, 4.69) is 10.3 Å². The van der Waals surface area contributed by atoms with Crippen molar-refractivity contribution in [3.05, 3.63) is 77.9 Å². The molecule has 5 N–H and O–H groups in total. The van der Waals surface area contributed by atoms with E-state index in [1.54, 1.807) is 48.5 Å². The number of rotatable bonds is 5. The Hall–Kier alpha value is -4.50. The Bertz CT molecular complexity index is 1610. The molecule has 2 heterocycles. The molecule has 0 saturated carbocycles. The van der Waals surface area contributed by atoms with Crippen LogP contribution in [0.15, 0.2) is 80.6 Å². The van der Waals surface area contributed by atoms with Crippen LogP contribution in [0.4, 0.5) is 21.8 Å². The largest absolute Gasteiger partial charge is 0.456 e. The highest BCUT2D eigenvalue weighted by Crippen LogP contribution is 2.28. The molecule has 0 radical (unpaired) electrons. The SMILES string of the molecule is NCCC(=O)Nc1ccccc1/N=c1\cc(-c2ccc3nc(N)oc3c2)oc2ccc(F)cc12. The van der Waals surface area contributed by atoms with Crippen LogP contribution >= 0.6 is 0 Å². The van der Waals surface area contributed by atoms with Gasteiger partial charge in [0.05, 0.1) is 16.7 Å². The highest BCUT2D eigenvalue weighted by Gasteiger charge is 2.11. The third-order valence-electron chi connectivity index (χ3n) is 5.19. The van der Waals surface area contributed by atoms with E-state index in [4.69, 9.17) is 25.3 Å². The predicted molar refractivity (Wildman–Crippen MR) is 128 cm³/mol. The van der Waals surface area contributed by atoms with Gasteiger partial charge in [0.15, 0.2) is 5.58 Å². The van der Waals surface area contributed by atoms with Crippen molar-refractivity contribution in [3.63, 3.8) is 0 Å². The van der Waals surface area contributed by atoms with E-state index < -0.39 is 5.82 Å². The fraction of sp³-hybridized carbons (Fsp3) is 0.0800. The molecule has 9 heteroatoms. The number of halogens is 1. The van der Waals surface area contributed by atoms with E-state index in [1.807, 2.05) is 6.07 Å². The van der Waals surface area contributed by atoms with Crippen molar-refractivity contribution in [1.82, 2.24) is 4.98 Å². The summed E-state index contributed by atoms with van der Waals surface area (Å²) in [5.74, 6) is -0.154. The number of oxazole rings is 1. The average molecular weight is 457 g/mol. The minimum atomic E-state index is -0.421. The molecule has 0 saturated heterocycles. The first-order valence-corrected chi connectivity index (χ1v) is 10.5. The van der Waals surface area contributed by atoms with Crippen LogP contribution in [-0.4, -0.2) is 17.4 Å². The second kappa shape index (κ2) is 8.80. The molecule has 0 bridgehead atoms. The molecule has 0 aliphatic heterocycles. The maximum atomic E-state index is 14.1. The number of carbonyl (C=O) groups excluding carboxylic acids is 1. The Morgan fingerprint density at radius 3 is 2.74 bits per heavy atom. The number of nitrogen functional groups attached to an aromatic ring is 1. The fourth-order valence-corrected chi connectivity index (χ4v) is 3.62. The summed E-state index contributed by atoms with van der Waals surface area (Å²) in [6.45, 7) is 0.236. The molecule has 0 unspecified atom stereocenters. The summed E-state index contributed by atoms with van der Waals surface area (Å²) in [6.07, 6.45) is 0.186. The van der Waals surface area contributed by atoms with Crippen LogP contribution in [0, 0.1) is 5.82 Å². The first-order valence-electron chi connectivity index (χ1n) is 10.5. The number of nitrogens with zero attached hydrogens (tertiary/aromatic N) is 2. The summed E-state index contributed by atoms with van der Waals surface area (Å²) in [4.78, 5) is 21.0. The lowest BCUT2D eigenvalue weighted by Crippen LogP contribution is -2.16. The van der Waals surface area contributed by atoms with Gasteiger partial charge in [-0.1, -0.05) is 12.1 Å². The topological polar surface area (TPSA) is 133 Å². The number of nitrogens with two attached hydrogens (primary N) is 2. The quantitative estimate of drug-likeness (QED) is 0.356. The number of aromatic nitrogens is 1. The molecule has 0 aliphatic carbocycles. The van der Waals surface area contributed by atoms with Gasteiger partial charge in [0.25, 0.3) is 6.01 Å². The summed E-state index contributed by atoms with van der Waals surface area (Å²) in [6, 6.07) is 18.5. The summed E-state index contributed by atoms with van der Waals surface area (Å²) < 4.78 is 25.6. The van der Waals surface area contributed by atoms with Gasteiger partial charge in [0.1, 0.15) is 22.7 Å². The predicted octanol–water partition coefficient (Wildman–Crippen LogP) is 4.48. The molecule has 0 atom stereocenters. The zero-order valence-corrected chi connectivity index (χ0v) is 17.9. The van der Waals surface area contributed by atoms with E-state index in [-0.39, 0.29) is 24.9 Å². The Morgan fingerprint density at radius 1 is 1.03 bits per heavy atom. The first-order chi connectivity index (χ1) is 16.5. The normalized spacial score (nSPS) is 11.9. The number of benzene rings is 3. The summed E-state index contributed by atoms with van der Waals surface area (Å²) in [7, 11) is 0. The molecule has 2 aromatic heterocycles. The van der Waals surface area contributed by atoms with Gasteiger partial charge in [-0.15, -0.1) is 0 Å². The molecule has 170 valence electrons. The third-order valence-corrected chi connectivity index (χ3v) is 5.19. The van der Waals surface area contributed by atoms with Crippen LogP contribution in [0.2, 0.25) is 0 Å². The van der Waals surface area contributed by atoms with Crippen molar-refractivity contribution in [2.75, 3.05) is 17.6 Å². The van der Waals surface area contributed by atoms with E-state index >= 15 is 0 Å². The van der Waals surface area contributed by atoms with Crippen molar-refractivity contribution < 1.29 is 18.0 Å². The van der Waals surface area contributed by atoms with E-state index in [1.165, 1.54) is 12.1 Å². The van der Waals surface area contributed by atoms with Crippen molar-refractivity contribution in [2.24, 2.45) is 10.7 Å². The minimum absolute atomic E-state index is 0.0713. The van der Waals surface area contributed by atoms with Gasteiger partial charge >= 0.3 is 0 Å². The van der Waals surface area contributed by atoms with Gasteiger partial charge < -0.3 is 25.6 Å². The van der Waals surface area contributed by atoms with Crippen molar-refractivity contribution in [2.45, 2.75) is 6.42 Å². The molecule has 34 heavy (non-hydrogen) atoms. The number of anilines is 2. The monoisotopic (exact) mass is 457 g/mol. The minimum Gasteiger partial charge on any atom is -0.456 e. The number of hydrogen-bond acceptors (Lipinski definition) is 7. The fourth-order valence-electron chi connectivity index (χ4n) is 3.62. The molecule has 0 aliphatic rings. The molecule has 8 nitrogen and oxygen atoms in total. The van der Waals surface area contributed by atoms with Gasteiger partial charge in [0, 0.05) is 30.0 Å².